The molecule has 110 valence electrons. The summed E-state index contributed by atoms with van der Waals surface area (Å²) in [5.41, 5.74) is 0.622. The highest BCUT2D eigenvalue weighted by molar-refractivity contribution is 5.94. The van der Waals surface area contributed by atoms with Crippen molar-refractivity contribution < 1.29 is 24.2 Å². The minimum Gasteiger partial charge on any atom is -0.494 e. The zero-order valence-corrected chi connectivity index (χ0v) is 11.7. The molecule has 0 radical (unpaired) electrons. The molecular weight excluding hydrogens is 262 g/mol. The van der Waals surface area contributed by atoms with Gasteiger partial charge in [-0.2, -0.15) is 0 Å². The fourth-order valence-corrected chi connectivity index (χ4v) is 1.70. The third-order valence-corrected chi connectivity index (χ3v) is 2.58. The van der Waals surface area contributed by atoms with Crippen molar-refractivity contribution in [2.45, 2.75) is 13.3 Å². The van der Waals surface area contributed by atoms with Crippen molar-refractivity contribution in [3.63, 3.8) is 0 Å². The molecule has 1 N–H and O–H groups in total. The second-order valence-corrected chi connectivity index (χ2v) is 4.05. The van der Waals surface area contributed by atoms with Gasteiger partial charge in [0.25, 0.3) is 5.91 Å². The zero-order valence-electron chi connectivity index (χ0n) is 11.7. The molecule has 1 rings (SSSR count). The SMILES string of the molecule is CCOc1ccc(N(CCC(=O)O)C(=O)COC)cc1. The second kappa shape index (κ2) is 8.16. The number of hydrogen-bond donors (Lipinski definition) is 1. The first-order valence-electron chi connectivity index (χ1n) is 6.32. The van der Waals surface area contributed by atoms with Gasteiger partial charge in [0, 0.05) is 19.3 Å². The number of hydrogen-bond acceptors (Lipinski definition) is 4. The molecule has 0 saturated heterocycles. The van der Waals surface area contributed by atoms with E-state index < -0.39 is 5.97 Å². The largest absolute Gasteiger partial charge is 0.494 e. The summed E-state index contributed by atoms with van der Waals surface area (Å²) in [5.74, 6) is -0.530. The van der Waals surface area contributed by atoms with Crippen molar-refractivity contribution in [3.05, 3.63) is 24.3 Å². The molecular formula is C14H19NO5. The Kier molecular flexibility index (Phi) is 6.52. The molecule has 0 spiro atoms. The van der Waals surface area contributed by atoms with E-state index in [0.29, 0.717) is 18.0 Å². The average Bonchev–Trinajstić information content (AvgIpc) is 2.41. The molecule has 1 aromatic carbocycles. The molecule has 20 heavy (non-hydrogen) atoms. The Morgan fingerprint density at radius 3 is 2.40 bits per heavy atom. The van der Waals surface area contributed by atoms with Crippen molar-refractivity contribution in [3.8, 4) is 5.75 Å². The van der Waals surface area contributed by atoms with Crippen LogP contribution in [0.2, 0.25) is 0 Å². The second-order valence-electron chi connectivity index (χ2n) is 4.05. The van der Waals surface area contributed by atoms with Crippen molar-refractivity contribution in [2.24, 2.45) is 0 Å². The van der Waals surface area contributed by atoms with Crippen LogP contribution in [0.1, 0.15) is 13.3 Å². The maximum atomic E-state index is 11.9. The highest BCUT2D eigenvalue weighted by Crippen LogP contribution is 2.20. The molecule has 0 fully saturated rings. The van der Waals surface area contributed by atoms with E-state index >= 15 is 0 Å². The Morgan fingerprint density at radius 1 is 1.25 bits per heavy atom. The number of aliphatic carboxylic acids is 1. The number of carboxylic acids is 1. The number of amides is 1. The van der Waals surface area contributed by atoms with E-state index in [-0.39, 0.29) is 25.5 Å². The van der Waals surface area contributed by atoms with Gasteiger partial charge in [0.1, 0.15) is 12.4 Å². The minimum absolute atomic E-state index is 0.0904. The summed E-state index contributed by atoms with van der Waals surface area (Å²) < 4.78 is 10.1. The highest BCUT2D eigenvalue weighted by atomic mass is 16.5. The molecule has 0 aromatic heterocycles. The van der Waals surface area contributed by atoms with Crippen LogP contribution in [0.15, 0.2) is 24.3 Å². The van der Waals surface area contributed by atoms with E-state index in [1.54, 1.807) is 24.3 Å². The van der Waals surface area contributed by atoms with Crippen LogP contribution in [0.4, 0.5) is 5.69 Å². The Labute approximate surface area is 117 Å². The number of carbonyl (C=O) groups is 2. The van der Waals surface area contributed by atoms with Crippen LogP contribution in [-0.2, 0) is 14.3 Å². The van der Waals surface area contributed by atoms with Crippen molar-refractivity contribution >= 4 is 17.6 Å². The van der Waals surface area contributed by atoms with Gasteiger partial charge in [-0.25, -0.2) is 0 Å². The normalized spacial score (nSPS) is 10.1. The molecule has 6 nitrogen and oxygen atoms in total. The van der Waals surface area contributed by atoms with Crippen LogP contribution < -0.4 is 9.64 Å². The first-order chi connectivity index (χ1) is 9.58. The lowest BCUT2D eigenvalue weighted by molar-refractivity contribution is -0.136. The summed E-state index contributed by atoms with van der Waals surface area (Å²) in [5, 5.41) is 8.75. The van der Waals surface area contributed by atoms with Crippen LogP contribution in [0.25, 0.3) is 0 Å². The number of anilines is 1. The van der Waals surface area contributed by atoms with Crippen molar-refractivity contribution in [2.75, 3.05) is 31.8 Å². The molecule has 1 aromatic rings. The Morgan fingerprint density at radius 2 is 1.90 bits per heavy atom. The third kappa shape index (κ3) is 4.89. The smallest absolute Gasteiger partial charge is 0.305 e. The number of rotatable bonds is 8. The van der Waals surface area contributed by atoms with Crippen LogP contribution in [0.5, 0.6) is 5.75 Å². The summed E-state index contributed by atoms with van der Waals surface area (Å²) >= 11 is 0. The van der Waals surface area contributed by atoms with Gasteiger partial charge in [0.05, 0.1) is 13.0 Å². The minimum atomic E-state index is -0.953. The summed E-state index contributed by atoms with van der Waals surface area (Å²) in [4.78, 5) is 24.0. The van der Waals surface area contributed by atoms with Crippen LogP contribution >= 0.6 is 0 Å². The Bertz CT molecular complexity index is 443. The summed E-state index contributed by atoms with van der Waals surface area (Å²) in [6.45, 7) is 2.46. The van der Waals surface area contributed by atoms with Gasteiger partial charge in [0.2, 0.25) is 0 Å². The molecule has 0 heterocycles. The molecule has 0 aliphatic carbocycles. The summed E-state index contributed by atoms with van der Waals surface area (Å²) in [6.07, 6.45) is -0.122. The van der Waals surface area contributed by atoms with Crippen molar-refractivity contribution in [1.82, 2.24) is 0 Å². The van der Waals surface area contributed by atoms with Gasteiger partial charge in [-0.3, -0.25) is 9.59 Å². The first-order valence-corrected chi connectivity index (χ1v) is 6.32. The van der Waals surface area contributed by atoms with E-state index in [1.807, 2.05) is 6.92 Å². The van der Waals surface area contributed by atoms with Gasteiger partial charge in [0.15, 0.2) is 0 Å². The maximum Gasteiger partial charge on any atom is 0.305 e. The topological polar surface area (TPSA) is 76.1 Å². The predicted octanol–water partition coefficient (Wildman–Crippen LogP) is 1.54. The van der Waals surface area contributed by atoms with Gasteiger partial charge >= 0.3 is 5.97 Å². The van der Waals surface area contributed by atoms with Gasteiger partial charge in [-0.1, -0.05) is 0 Å². The quantitative estimate of drug-likeness (QED) is 0.782. The number of benzene rings is 1. The number of nitrogens with zero attached hydrogens (tertiary/aromatic N) is 1. The predicted molar refractivity (Wildman–Crippen MR) is 74.1 cm³/mol. The Hall–Kier alpha value is -2.08. The fraction of sp³-hybridized carbons (Fsp3) is 0.429. The highest BCUT2D eigenvalue weighted by Gasteiger charge is 2.16. The fourth-order valence-electron chi connectivity index (χ4n) is 1.70. The molecule has 6 heteroatoms. The van der Waals surface area contributed by atoms with E-state index in [4.69, 9.17) is 14.6 Å². The molecule has 0 unspecified atom stereocenters. The van der Waals surface area contributed by atoms with E-state index in [0.717, 1.165) is 0 Å². The summed E-state index contributed by atoms with van der Waals surface area (Å²) in [6, 6.07) is 6.93. The van der Waals surface area contributed by atoms with Crippen molar-refractivity contribution in [1.29, 1.82) is 0 Å². The lowest BCUT2D eigenvalue weighted by Crippen LogP contribution is -2.35. The van der Waals surface area contributed by atoms with Crippen LogP contribution in [-0.4, -0.2) is 43.9 Å². The van der Waals surface area contributed by atoms with Gasteiger partial charge in [-0.05, 0) is 31.2 Å². The van der Waals surface area contributed by atoms with Crippen LogP contribution in [0, 0.1) is 0 Å². The maximum absolute atomic E-state index is 11.9. The lowest BCUT2D eigenvalue weighted by atomic mass is 10.2. The first kappa shape index (κ1) is 16.0. The van der Waals surface area contributed by atoms with E-state index in [2.05, 4.69) is 0 Å². The monoisotopic (exact) mass is 281 g/mol. The van der Waals surface area contributed by atoms with E-state index in [1.165, 1.54) is 12.0 Å². The molecule has 0 aliphatic heterocycles. The standard InChI is InChI=1S/C14H19NO5/c1-3-20-12-6-4-11(5-7-12)15(9-8-14(17)18)13(16)10-19-2/h4-7H,3,8-10H2,1-2H3,(H,17,18). The number of carbonyl (C=O) groups excluding carboxylic acids is 1. The average molecular weight is 281 g/mol. The number of ether oxygens (including phenoxy) is 2. The number of carboxylic acid groups (broad SMARTS) is 1. The Balaban J connectivity index is 2.84. The number of methoxy groups -OCH3 is 1. The van der Waals surface area contributed by atoms with E-state index in [9.17, 15) is 9.59 Å². The van der Waals surface area contributed by atoms with Gasteiger partial charge in [-0.15, -0.1) is 0 Å². The molecule has 0 atom stereocenters. The van der Waals surface area contributed by atoms with Gasteiger partial charge < -0.3 is 19.5 Å². The lowest BCUT2D eigenvalue weighted by Gasteiger charge is -2.22. The molecule has 0 saturated carbocycles. The third-order valence-electron chi connectivity index (χ3n) is 2.58. The molecule has 0 bridgehead atoms. The molecule has 0 aliphatic rings. The van der Waals surface area contributed by atoms with Crippen LogP contribution in [0.3, 0.4) is 0 Å². The summed E-state index contributed by atoms with van der Waals surface area (Å²) in [7, 11) is 1.42. The zero-order chi connectivity index (χ0) is 15.0. The molecule has 1 amide bonds.